The van der Waals surface area contributed by atoms with Gasteiger partial charge in [0.15, 0.2) is 6.10 Å². The van der Waals surface area contributed by atoms with E-state index in [-0.39, 0.29) is 12.8 Å². The van der Waals surface area contributed by atoms with Gasteiger partial charge in [-0.15, -0.1) is 0 Å². The summed E-state index contributed by atoms with van der Waals surface area (Å²) in [4.78, 5) is 35.8. The van der Waals surface area contributed by atoms with Crippen LogP contribution in [0.4, 0.5) is 0 Å². The highest BCUT2D eigenvalue weighted by atomic mass is 31.2. The van der Waals surface area contributed by atoms with Crippen LogP contribution < -0.4 is 0 Å². The maximum absolute atomic E-state index is 12.8. The molecule has 0 aliphatic heterocycles. The summed E-state index contributed by atoms with van der Waals surface area (Å²) in [6.07, 6.45) is 35.9. The van der Waals surface area contributed by atoms with Gasteiger partial charge in [-0.05, 0) is 70.6 Å². The van der Waals surface area contributed by atoms with E-state index in [1.54, 1.807) is 0 Å². The Hall–Kier alpha value is -2.19. The average molecular weight is 943 g/mol. The quantitative estimate of drug-likeness (QED) is 0.0146. The van der Waals surface area contributed by atoms with Gasteiger partial charge in [0, 0.05) is 12.8 Å². The molecule has 0 aromatic carbocycles. The lowest BCUT2D eigenvalue weighted by atomic mass is 9.85. The molecule has 13 nitrogen and oxygen atoms in total. The van der Waals surface area contributed by atoms with Crippen molar-refractivity contribution in [3.05, 3.63) is 48.6 Å². The number of ether oxygens (including phenoxy) is 2. The molecule has 1 aliphatic rings. The number of allylic oxidation sites excluding steroid dienone is 8. The van der Waals surface area contributed by atoms with Crippen molar-refractivity contribution in [2.75, 3.05) is 13.2 Å². The largest absolute Gasteiger partial charge is 0.472 e. The number of rotatable bonds is 42. The minimum absolute atomic E-state index is 0.0766. The van der Waals surface area contributed by atoms with Gasteiger partial charge in [-0.3, -0.25) is 18.6 Å². The molecule has 0 heterocycles. The smallest absolute Gasteiger partial charge is 0.462 e. The Morgan fingerprint density at radius 2 is 0.877 bits per heavy atom. The van der Waals surface area contributed by atoms with Gasteiger partial charge in [0.1, 0.15) is 43.2 Å². The molecule has 8 atom stereocenters. The molecule has 1 saturated carbocycles. The molecule has 6 N–H and O–H groups in total. The number of hydrogen-bond donors (Lipinski definition) is 6. The number of carbonyl (C=O) groups excluding carboxylic acids is 2. The highest BCUT2D eigenvalue weighted by Gasteiger charge is 2.51. The van der Waals surface area contributed by atoms with E-state index in [9.17, 15) is 44.6 Å². The number of carbonyl (C=O) groups is 2. The second-order valence-corrected chi connectivity index (χ2v) is 19.0. The summed E-state index contributed by atoms with van der Waals surface area (Å²) in [7, 11) is -5.13. The van der Waals surface area contributed by atoms with Crippen LogP contribution in [-0.2, 0) is 32.7 Å². The van der Waals surface area contributed by atoms with Gasteiger partial charge in [0.25, 0.3) is 0 Å². The zero-order valence-electron chi connectivity index (χ0n) is 40.3. The first-order chi connectivity index (χ1) is 31.4. The lowest BCUT2D eigenvalue weighted by Crippen LogP contribution is -2.64. The molecule has 0 radical (unpaired) electrons. The van der Waals surface area contributed by atoms with E-state index in [0.29, 0.717) is 12.8 Å². The number of esters is 2. The van der Waals surface area contributed by atoms with Crippen molar-refractivity contribution in [2.45, 2.75) is 249 Å². The van der Waals surface area contributed by atoms with Crippen molar-refractivity contribution in [1.82, 2.24) is 0 Å². The molecule has 14 heteroatoms. The third-order valence-electron chi connectivity index (χ3n) is 11.7. The standard InChI is InChI=1S/C51H91O13P/c1-3-5-7-9-11-13-15-17-19-20-21-22-23-24-26-27-29-31-33-35-37-39-44(52)61-41-43(42-62-65(59,60)64-51-49(57)47(55)46(54)48(56)50(51)58)63-45(53)40-38-36-34-32-30-28-25-18-16-14-12-10-8-6-4-2/h6,8,12,14,17-19,25,43,46-51,54-58H,3-5,7,9-11,13,15-16,20-24,26-42H2,1-2H3,(H,59,60)/b8-6+,14-12+,19-17+,25-18+/t43-,46?,47-,48?,49?,50?,51?/m0/s1. The average Bonchev–Trinajstić information content (AvgIpc) is 3.29. The molecule has 1 fully saturated rings. The van der Waals surface area contributed by atoms with Gasteiger partial charge in [-0.1, -0.05) is 172 Å². The van der Waals surface area contributed by atoms with Crippen molar-refractivity contribution >= 4 is 19.8 Å². The summed E-state index contributed by atoms with van der Waals surface area (Å²) in [5, 5.41) is 50.2. The van der Waals surface area contributed by atoms with Crippen molar-refractivity contribution in [3.63, 3.8) is 0 Å². The normalized spacial score (nSPS) is 21.8. The number of phosphoric ester groups is 1. The van der Waals surface area contributed by atoms with Crippen molar-refractivity contribution in [2.24, 2.45) is 0 Å². The van der Waals surface area contributed by atoms with Crippen molar-refractivity contribution in [3.8, 4) is 0 Å². The number of hydrogen-bond acceptors (Lipinski definition) is 12. The molecule has 65 heavy (non-hydrogen) atoms. The van der Waals surface area contributed by atoms with Gasteiger partial charge in [-0.25, -0.2) is 4.57 Å². The third kappa shape index (κ3) is 33.0. The number of aliphatic hydroxyl groups excluding tert-OH is 5. The lowest BCUT2D eigenvalue weighted by Gasteiger charge is -2.41. The molecule has 0 bridgehead atoms. The first kappa shape index (κ1) is 60.8. The summed E-state index contributed by atoms with van der Waals surface area (Å²) < 4.78 is 33.6. The van der Waals surface area contributed by atoms with Crippen LogP contribution >= 0.6 is 7.82 Å². The third-order valence-corrected chi connectivity index (χ3v) is 12.6. The minimum Gasteiger partial charge on any atom is -0.462 e. The Balaban J connectivity index is 2.39. The van der Waals surface area contributed by atoms with Crippen LogP contribution in [0.5, 0.6) is 0 Å². The zero-order chi connectivity index (χ0) is 47.8. The van der Waals surface area contributed by atoms with Gasteiger partial charge in [0.2, 0.25) is 0 Å². The Morgan fingerprint density at radius 3 is 1.35 bits per heavy atom. The van der Waals surface area contributed by atoms with Gasteiger partial charge in [0.05, 0.1) is 6.61 Å². The second-order valence-electron chi connectivity index (χ2n) is 17.6. The second kappa shape index (κ2) is 40.8. The first-order valence-electron chi connectivity index (χ1n) is 25.4. The van der Waals surface area contributed by atoms with E-state index in [1.807, 2.05) is 0 Å². The fourth-order valence-electron chi connectivity index (χ4n) is 7.59. The van der Waals surface area contributed by atoms with E-state index in [4.69, 9.17) is 18.5 Å². The fraction of sp³-hybridized carbons (Fsp3) is 0.804. The number of aliphatic hydroxyl groups is 5. The van der Waals surface area contributed by atoms with Crippen molar-refractivity contribution < 1.29 is 63.1 Å². The Morgan fingerprint density at radius 1 is 0.492 bits per heavy atom. The van der Waals surface area contributed by atoms with Gasteiger partial charge in [-0.2, -0.15) is 0 Å². The topological polar surface area (TPSA) is 210 Å². The molecular formula is C51H91O13P. The zero-order valence-corrected chi connectivity index (χ0v) is 41.2. The molecule has 0 aromatic heterocycles. The summed E-state index contributed by atoms with van der Waals surface area (Å²) in [6.45, 7) is 3.19. The summed E-state index contributed by atoms with van der Waals surface area (Å²) >= 11 is 0. The predicted octanol–water partition coefficient (Wildman–Crippen LogP) is 10.7. The maximum atomic E-state index is 12.8. The van der Waals surface area contributed by atoms with E-state index < -0.39 is 75.7 Å². The Bertz CT molecular complexity index is 1320. The molecule has 1 rings (SSSR count). The Kier molecular flexibility index (Phi) is 38.2. The monoisotopic (exact) mass is 943 g/mol. The van der Waals surface area contributed by atoms with E-state index in [2.05, 4.69) is 62.5 Å². The van der Waals surface area contributed by atoms with E-state index >= 15 is 0 Å². The number of unbranched alkanes of at least 4 members (excludes halogenated alkanes) is 22. The maximum Gasteiger partial charge on any atom is 0.472 e. The molecule has 0 aromatic rings. The van der Waals surface area contributed by atoms with Crippen LogP contribution in [0.3, 0.4) is 0 Å². The highest BCUT2D eigenvalue weighted by Crippen LogP contribution is 2.47. The van der Waals surface area contributed by atoms with E-state index in [1.165, 1.54) is 96.3 Å². The van der Waals surface area contributed by atoms with Gasteiger partial charge < -0.3 is 39.9 Å². The predicted molar refractivity (Wildman–Crippen MR) is 258 cm³/mol. The van der Waals surface area contributed by atoms with Crippen LogP contribution in [-0.4, -0.2) is 98.3 Å². The summed E-state index contributed by atoms with van der Waals surface area (Å²) in [6, 6.07) is 0. The molecule has 0 saturated heterocycles. The number of phosphoric acid groups is 1. The fourth-order valence-corrected chi connectivity index (χ4v) is 8.56. The minimum atomic E-state index is -5.13. The van der Waals surface area contributed by atoms with Gasteiger partial charge >= 0.3 is 19.8 Å². The first-order valence-corrected chi connectivity index (χ1v) is 26.9. The Labute approximate surface area is 392 Å². The molecule has 6 unspecified atom stereocenters. The van der Waals surface area contributed by atoms with Crippen LogP contribution in [0.15, 0.2) is 48.6 Å². The van der Waals surface area contributed by atoms with Crippen LogP contribution in [0.1, 0.15) is 206 Å². The van der Waals surface area contributed by atoms with E-state index in [0.717, 1.165) is 70.6 Å². The summed E-state index contributed by atoms with van der Waals surface area (Å²) in [5.74, 6) is -1.12. The summed E-state index contributed by atoms with van der Waals surface area (Å²) in [5.41, 5.74) is 0. The van der Waals surface area contributed by atoms with Crippen molar-refractivity contribution in [1.29, 1.82) is 0 Å². The molecule has 1 aliphatic carbocycles. The molecule has 378 valence electrons. The lowest BCUT2D eigenvalue weighted by molar-refractivity contribution is -0.220. The van der Waals surface area contributed by atoms with Crippen LogP contribution in [0.25, 0.3) is 0 Å². The highest BCUT2D eigenvalue weighted by molar-refractivity contribution is 7.47. The van der Waals surface area contributed by atoms with Crippen LogP contribution in [0.2, 0.25) is 0 Å². The molecule has 0 spiro atoms. The molecular weight excluding hydrogens is 852 g/mol. The van der Waals surface area contributed by atoms with Crippen LogP contribution in [0, 0.1) is 0 Å². The SMILES string of the molecule is CC/C=C/C/C=C/C/C=C/CCCCCCCC(=O)O[C@@H](COC(=O)CCCCCCCCCCCCC/C=C/CCCCCCCC)COP(=O)(O)OC1C(O)C(O)C(O)[C@H](O)C1O. The molecule has 0 amide bonds.